The standard InChI is InChI=1S/C35H62N6O9/c1-22(47-32(2,3)4)25(38-30(44)49-34(8,9)10)28-40-39-27(46-28)24(16-14-15-19-36-29(43)48-33(5,6)7)37-26(42)23-17-20-41(21-18-23)31(45)50-35(11,12)13/h22-25H,14-21H2,1-13H3,(H,36,43)(H,37,42)(H,38,44)/t22-,24+,25+/m1/s1. The van der Waals surface area contributed by atoms with E-state index in [4.69, 9.17) is 23.4 Å². The van der Waals surface area contributed by atoms with E-state index >= 15 is 0 Å². The molecule has 2 rings (SSSR count). The summed E-state index contributed by atoms with van der Waals surface area (Å²) >= 11 is 0. The quantitative estimate of drug-likeness (QED) is 0.163. The van der Waals surface area contributed by atoms with E-state index in [0.717, 1.165) is 0 Å². The topological polar surface area (TPSA) is 183 Å². The number of nitrogens with one attached hydrogen (secondary N) is 3. The van der Waals surface area contributed by atoms with Gasteiger partial charge in [0.25, 0.3) is 0 Å². The zero-order valence-electron chi connectivity index (χ0n) is 32.5. The number of aromatic nitrogens is 2. The average Bonchev–Trinajstić information content (AvgIpc) is 3.41. The molecule has 0 unspecified atom stereocenters. The van der Waals surface area contributed by atoms with E-state index in [1.165, 1.54) is 0 Å². The maximum absolute atomic E-state index is 13.6. The van der Waals surface area contributed by atoms with Crippen LogP contribution in [0.5, 0.6) is 0 Å². The van der Waals surface area contributed by atoms with E-state index in [1.54, 1.807) is 53.4 Å². The summed E-state index contributed by atoms with van der Waals surface area (Å²) in [5, 5.41) is 17.2. The lowest BCUT2D eigenvalue weighted by atomic mass is 9.95. The molecule has 15 nitrogen and oxygen atoms in total. The Morgan fingerprint density at radius 2 is 1.30 bits per heavy atom. The average molecular weight is 711 g/mol. The molecule has 4 amide bonds. The summed E-state index contributed by atoms with van der Waals surface area (Å²) in [5.41, 5.74) is -2.50. The number of hydrogen-bond donors (Lipinski definition) is 3. The maximum Gasteiger partial charge on any atom is 0.410 e. The second-order valence-corrected chi connectivity index (χ2v) is 16.8. The Morgan fingerprint density at radius 1 is 0.760 bits per heavy atom. The molecule has 15 heteroatoms. The van der Waals surface area contributed by atoms with Crippen molar-refractivity contribution in [2.75, 3.05) is 19.6 Å². The molecule has 0 aliphatic carbocycles. The molecule has 1 fully saturated rings. The van der Waals surface area contributed by atoms with Crippen molar-refractivity contribution < 1.29 is 42.5 Å². The van der Waals surface area contributed by atoms with E-state index in [9.17, 15) is 19.2 Å². The molecule has 0 aromatic carbocycles. The SMILES string of the molecule is C[C@@H](OC(C)(C)C)[C@H](NC(=O)OC(C)(C)C)c1nnc([C@H](CCCCNC(=O)OC(C)(C)C)NC(=O)C2CCN(C(=O)OC(C)(C)C)CC2)o1. The third kappa shape index (κ3) is 16.4. The van der Waals surface area contributed by atoms with Crippen LogP contribution in [0, 0.1) is 5.92 Å². The van der Waals surface area contributed by atoms with Gasteiger partial charge in [-0.1, -0.05) is 0 Å². The van der Waals surface area contributed by atoms with Gasteiger partial charge in [0.1, 0.15) is 28.9 Å². The lowest BCUT2D eigenvalue weighted by Gasteiger charge is -2.33. The predicted molar refractivity (Wildman–Crippen MR) is 186 cm³/mol. The number of ether oxygens (including phenoxy) is 4. The molecule has 286 valence electrons. The number of amides is 4. The molecule has 3 atom stereocenters. The van der Waals surface area contributed by atoms with Crippen LogP contribution >= 0.6 is 0 Å². The van der Waals surface area contributed by atoms with Gasteiger partial charge >= 0.3 is 18.3 Å². The van der Waals surface area contributed by atoms with Gasteiger partial charge in [-0.3, -0.25) is 4.79 Å². The van der Waals surface area contributed by atoms with Crippen LogP contribution in [-0.2, 0) is 23.7 Å². The molecule has 1 aromatic heterocycles. The second kappa shape index (κ2) is 17.5. The van der Waals surface area contributed by atoms with Crippen molar-refractivity contribution in [2.45, 2.75) is 163 Å². The zero-order chi connectivity index (χ0) is 38.1. The molecular weight excluding hydrogens is 648 g/mol. The van der Waals surface area contributed by atoms with Gasteiger partial charge < -0.3 is 44.2 Å². The Kier molecular flexibility index (Phi) is 14.9. The van der Waals surface area contributed by atoms with Crippen LogP contribution in [-0.4, -0.2) is 87.4 Å². The lowest BCUT2D eigenvalue weighted by molar-refractivity contribution is -0.127. The molecule has 3 N–H and O–H groups in total. The highest BCUT2D eigenvalue weighted by Gasteiger charge is 2.35. The summed E-state index contributed by atoms with van der Waals surface area (Å²) in [7, 11) is 0. The van der Waals surface area contributed by atoms with Gasteiger partial charge in [0.2, 0.25) is 17.7 Å². The third-order valence-electron chi connectivity index (χ3n) is 7.12. The van der Waals surface area contributed by atoms with Crippen molar-refractivity contribution in [1.82, 2.24) is 31.0 Å². The number of carbonyl (C=O) groups excluding carboxylic acids is 4. The number of likely N-dealkylation sites (tertiary alicyclic amines) is 1. The Hall–Kier alpha value is -3.62. The van der Waals surface area contributed by atoms with Crippen LogP contribution in [0.1, 0.15) is 146 Å². The number of carbonyl (C=O) groups is 4. The van der Waals surface area contributed by atoms with E-state index in [0.29, 0.717) is 51.7 Å². The van der Waals surface area contributed by atoms with Gasteiger partial charge in [-0.05, 0) is 122 Å². The summed E-state index contributed by atoms with van der Waals surface area (Å²) in [6.45, 7) is 24.8. The lowest BCUT2D eigenvalue weighted by Crippen LogP contribution is -2.45. The van der Waals surface area contributed by atoms with E-state index < -0.39 is 58.9 Å². The minimum Gasteiger partial charge on any atom is -0.444 e. The molecule has 1 saturated heterocycles. The molecule has 0 spiro atoms. The van der Waals surface area contributed by atoms with Gasteiger partial charge in [0.15, 0.2) is 0 Å². The van der Waals surface area contributed by atoms with Crippen molar-refractivity contribution >= 4 is 24.2 Å². The Morgan fingerprint density at radius 3 is 1.84 bits per heavy atom. The molecular formula is C35H62N6O9. The van der Waals surface area contributed by atoms with Crippen LogP contribution in [0.25, 0.3) is 0 Å². The fraction of sp³-hybridized carbons (Fsp3) is 0.829. The molecule has 1 aromatic rings. The third-order valence-corrected chi connectivity index (χ3v) is 7.12. The van der Waals surface area contributed by atoms with Crippen LogP contribution in [0.4, 0.5) is 14.4 Å². The van der Waals surface area contributed by atoms with Crippen LogP contribution in [0.15, 0.2) is 4.42 Å². The zero-order valence-corrected chi connectivity index (χ0v) is 32.5. The fourth-order valence-corrected chi connectivity index (χ4v) is 5.13. The number of piperidine rings is 1. The number of unbranched alkanes of at least 4 members (excludes halogenated alkanes) is 1. The van der Waals surface area contributed by atoms with Gasteiger partial charge in [-0.25, -0.2) is 14.4 Å². The molecule has 1 aliphatic heterocycles. The number of nitrogens with zero attached hydrogens (tertiary/aromatic N) is 3. The van der Waals surface area contributed by atoms with Crippen molar-refractivity contribution in [3.8, 4) is 0 Å². The molecule has 0 radical (unpaired) electrons. The summed E-state index contributed by atoms with van der Waals surface area (Å²) in [5.74, 6) is -0.273. The van der Waals surface area contributed by atoms with Crippen LogP contribution in [0.3, 0.4) is 0 Å². The van der Waals surface area contributed by atoms with Gasteiger partial charge in [0.05, 0.1) is 11.7 Å². The summed E-state index contributed by atoms with van der Waals surface area (Å²) in [6, 6.07) is -1.51. The Labute approximate surface area is 297 Å². The van der Waals surface area contributed by atoms with Crippen molar-refractivity contribution in [1.29, 1.82) is 0 Å². The summed E-state index contributed by atoms with van der Waals surface area (Å²) in [6.07, 6.45) is 0.400. The number of rotatable bonds is 12. The highest BCUT2D eigenvalue weighted by molar-refractivity contribution is 5.79. The monoisotopic (exact) mass is 710 g/mol. The largest absolute Gasteiger partial charge is 0.444 e. The minimum atomic E-state index is -0.850. The van der Waals surface area contributed by atoms with E-state index in [-0.39, 0.29) is 23.6 Å². The highest BCUT2D eigenvalue weighted by atomic mass is 16.6. The van der Waals surface area contributed by atoms with Crippen molar-refractivity contribution in [3.63, 3.8) is 0 Å². The smallest absolute Gasteiger partial charge is 0.410 e. The van der Waals surface area contributed by atoms with Gasteiger partial charge in [0, 0.05) is 25.6 Å². The first-order valence-electron chi connectivity index (χ1n) is 17.6. The summed E-state index contributed by atoms with van der Waals surface area (Å²) < 4.78 is 28.6. The normalized spacial score (nSPS) is 16.5. The first-order valence-corrected chi connectivity index (χ1v) is 17.6. The van der Waals surface area contributed by atoms with Crippen LogP contribution in [0.2, 0.25) is 0 Å². The van der Waals surface area contributed by atoms with E-state index in [1.807, 2.05) is 41.5 Å². The first-order chi connectivity index (χ1) is 22.8. The molecule has 0 saturated carbocycles. The van der Waals surface area contributed by atoms with Crippen LogP contribution < -0.4 is 16.0 Å². The Bertz CT molecular complexity index is 1260. The predicted octanol–water partition coefficient (Wildman–Crippen LogP) is 6.34. The highest BCUT2D eigenvalue weighted by Crippen LogP contribution is 2.28. The number of alkyl carbamates (subject to hydrolysis) is 2. The van der Waals surface area contributed by atoms with Crippen molar-refractivity contribution in [3.05, 3.63) is 11.8 Å². The number of hydrogen-bond acceptors (Lipinski definition) is 11. The fourth-order valence-electron chi connectivity index (χ4n) is 5.13. The molecule has 1 aliphatic rings. The van der Waals surface area contributed by atoms with Gasteiger partial charge in [-0.2, -0.15) is 0 Å². The summed E-state index contributed by atoms with van der Waals surface area (Å²) in [4.78, 5) is 52.7. The molecule has 0 bridgehead atoms. The Balaban J connectivity index is 2.23. The molecule has 2 heterocycles. The van der Waals surface area contributed by atoms with Crippen molar-refractivity contribution in [2.24, 2.45) is 5.92 Å². The second-order valence-electron chi connectivity index (χ2n) is 16.8. The minimum absolute atomic E-state index is 0.0964. The van der Waals surface area contributed by atoms with E-state index in [2.05, 4.69) is 26.1 Å². The first kappa shape index (κ1) is 42.5. The van der Waals surface area contributed by atoms with Gasteiger partial charge in [-0.15, -0.1) is 10.2 Å². The maximum atomic E-state index is 13.6. The molecule has 50 heavy (non-hydrogen) atoms.